The van der Waals surface area contributed by atoms with Gasteiger partial charge >= 0.3 is 5.97 Å². The summed E-state index contributed by atoms with van der Waals surface area (Å²) < 4.78 is 10.1. The highest BCUT2D eigenvalue weighted by Gasteiger charge is 2.24. The van der Waals surface area contributed by atoms with Crippen LogP contribution in [0.4, 0.5) is 0 Å². The summed E-state index contributed by atoms with van der Waals surface area (Å²) >= 11 is 0. The molecule has 0 aliphatic carbocycles. The maximum atomic E-state index is 12.1. The summed E-state index contributed by atoms with van der Waals surface area (Å²) in [6, 6.07) is 4.58. The van der Waals surface area contributed by atoms with Crippen LogP contribution in [0.3, 0.4) is 0 Å². The quantitative estimate of drug-likeness (QED) is 0.836. The first-order chi connectivity index (χ1) is 9.61. The highest BCUT2D eigenvalue weighted by atomic mass is 16.5. The van der Waals surface area contributed by atoms with Crippen LogP contribution in [0, 0.1) is 0 Å². The largest absolute Gasteiger partial charge is 0.464 e. The van der Waals surface area contributed by atoms with Crippen molar-refractivity contribution in [2.75, 3.05) is 13.7 Å². The number of hydrogen-bond donors (Lipinski definition) is 1. The van der Waals surface area contributed by atoms with E-state index in [1.54, 1.807) is 12.1 Å². The first-order valence-electron chi connectivity index (χ1n) is 6.59. The molecule has 108 valence electrons. The molecule has 1 saturated heterocycles. The maximum Gasteiger partial charge on any atom is 0.356 e. The first-order valence-corrected chi connectivity index (χ1v) is 6.59. The van der Waals surface area contributed by atoms with Crippen LogP contribution >= 0.6 is 0 Å². The van der Waals surface area contributed by atoms with E-state index in [-0.39, 0.29) is 29.4 Å². The van der Waals surface area contributed by atoms with Crippen molar-refractivity contribution in [1.82, 2.24) is 10.3 Å². The molecule has 0 spiro atoms. The van der Waals surface area contributed by atoms with Gasteiger partial charge in [0.2, 0.25) is 0 Å². The lowest BCUT2D eigenvalue weighted by Gasteiger charge is -2.19. The molecule has 0 bridgehead atoms. The zero-order valence-electron chi connectivity index (χ0n) is 11.6. The fraction of sp³-hybridized carbons (Fsp3) is 0.500. The van der Waals surface area contributed by atoms with E-state index in [1.807, 2.05) is 6.92 Å². The van der Waals surface area contributed by atoms with Gasteiger partial charge in [0, 0.05) is 6.61 Å². The van der Waals surface area contributed by atoms with Crippen LogP contribution in [0.15, 0.2) is 18.2 Å². The van der Waals surface area contributed by atoms with Gasteiger partial charge in [-0.25, -0.2) is 9.78 Å². The van der Waals surface area contributed by atoms with Crippen molar-refractivity contribution >= 4 is 11.9 Å². The number of carbonyl (C=O) groups is 2. The van der Waals surface area contributed by atoms with Gasteiger partial charge in [-0.1, -0.05) is 6.07 Å². The molecule has 6 nitrogen and oxygen atoms in total. The Morgan fingerprint density at radius 1 is 1.45 bits per heavy atom. The van der Waals surface area contributed by atoms with Gasteiger partial charge in [-0.2, -0.15) is 0 Å². The number of aromatic nitrogens is 1. The van der Waals surface area contributed by atoms with Crippen molar-refractivity contribution in [3.05, 3.63) is 29.6 Å². The van der Waals surface area contributed by atoms with Crippen molar-refractivity contribution in [1.29, 1.82) is 0 Å². The number of nitrogens with one attached hydrogen (secondary N) is 1. The number of methoxy groups -OCH3 is 1. The SMILES string of the molecule is COC(=O)c1cccc(C(=O)N[C@H](C)[C@H]2CCCO2)n1. The summed E-state index contributed by atoms with van der Waals surface area (Å²) in [5, 5.41) is 2.84. The summed E-state index contributed by atoms with van der Waals surface area (Å²) in [5.41, 5.74) is 0.308. The maximum absolute atomic E-state index is 12.1. The van der Waals surface area contributed by atoms with E-state index in [2.05, 4.69) is 15.0 Å². The van der Waals surface area contributed by atoms with Crippen molar-refractivity contribution in [2.24, 2.45) is 0 Å². The summed E-state index contributed by atoms with van der Waals surface area (Å²) in [7, 11) is 1.27. The Bertz CT molecular complexity index is 498. The molecule has 20 heavy (non-hydrogen) atoms. The van der Waals surface area contributed by atoms with Crippen LogP contribution in [0.5, 0.6) is 0 Å². The van der Waals surface area contributed by atoms with Crippen molar-refractivity contribution in [3.8, 4) is 0 Å². The van der Waals surface area contributed by atoms with Gasteiger partial charge in [0.05, 0.1) is 19.3 Å². The van der Waals surface area contributed by atoms with Crippen molar-refractivity contribution in [2.45, 2.75) is 31.9 Å². The zero-order valence-corrected chi connectivity index (χ0v) is 11.6. The summed E-state index contributed by atoms with van der Waals surface area (Å²) in [6.07, 6.45) is 2.00. The van der Waals surface area contributed by atoms with Crippen LogP contribution in [0.2, 0.25) is 0 Å². The minimum absolute atomic E-state index is 0.0442. The Morgan fingerprint density at radius 3 is 2.85 bits per heavy atom. The number of amides is 1. The standard InChI is InChI=1S/C14H18N2O4/c1-9(12-7-4-8-20-12)15-13(17)10-5-3-6-11(16-10)14(18)19-2/h3,5-6,9,12H,4,7-8H2,1-2H3,(H,15,17)/t9-,12-/m1/s1. The van der Waals surface area contributed by atoms with Crippen molar-refractivity contribution < 1.29 is 19.1 Å². The van der Waals surface area contributed by atoms with Gasteiger partial charge in [-0.15, -0.1) is 0 Å². The van der Waals surface area contributed by atoms with Crippen LogP contribution in [-0.2, 0) is 9.47 Å². The number of rotatable bonds is 4. The van der Waals surface area contributed by atoms with E-state index in [0.29, 0.717) is 0 Å². The fourth-order valence-corrected chi connectivity index (χ4v) is 2.15. The lowest BCUT2D eigenvalue weighted by Crippen LogP contribution is -2.41. The number of ether oxygens (including phenoxy) is 2. The molecule has 1 N–H and O–H groups in total. The molecule has 1 aromatic heterocycles. The second-order valence-electron chi connectivity index (χ2n) is 4.71. The Balaban J connectivity index is 2.03. The molecule has 1 aliphatic heterocycles. The van der Waals surface area contributed by atoms with E-state index in [4.69, 9.17) is 4.74 Å². The smallest absolute Gasteiger partial charge is 0.356 e. The van der Waals surface area contributed by atoms with Crippen LogP contribution in [-0.4, -0.2) is 42.7 Å². The van der Waals surface area contributed by atoms with E-state index in [1.165, 1.54) is 13.2 Å². The zero-order chi connectivity index (χ0) is 14.5. The highest BCUT2D eigenvalue weighted by molar-refractivity contribution is 5.94. The predicted octanol–water partition coefficient (Wildman–Crippen LogP) is 1.17. The van der Waals surface area contributed by atoms with Gasteiger partial charge in [0.1, 0.15) is 11.4 Å². The minimum atomic E-state index is -0.563. The van der Waals surface area contributed by atoms with Crippen molar-refractivity contribution in [3.63, 3.8) is 0 Å². The lowest BCUT2D eigenvalue weighted by molar-refractivity contribution is 0.0593. The molecular weight excluding hydrogens is 260 g/mol. The van der Waals surface area contributed by atoms with E-state index in [9.17, 15) is 9.59 Å². The molecule has 1 aliphatic rings. The second kappa shape index (κ2) is 6.47. The third kappa shape index (κ3) is 3.33. The second-order valence-corrected chi connectivity index (χ2v) is 4.71. The lowest BCUT2D eigenvalue weighted by atomic mass is 10.1. The molecule has 1 amide bonds. The van der Waals surface area contributed by atoms with E-state index < -0.39 is 5.97 Å². The molecule has 0 aromatic carbocycles. The molecule has 1 aromatic rings. The van der Waals surface area contributed by atoms with Crippen LogP contribution in [0.25, 0.3) is 0 Å². The summed E-state index contributed by atoms with van der Waals surface area (Å²) in [5.74, 6) is -0.884. The van der Waals surface area contributed by atoms with Crippen LogP contribution in [0.1, 0.15) is 40.7 Å². The summed E-state index contributed by atoms with van der Waals surface area (Å²) in [4.78, 5) is 27.5. The molecule has 2 heterocycles. The van der Waals surface area contributed by atoms with Gasteiger partial charge in [-0.05, 0) is 31.9 Å². The number of carbonyl (C=O) groups excluding carboxylic acids is 2. The minimum Gasteiger partial charge on any atom is -0.464 e. The molecule has 6 heteroatoms. The number of esters is 1. The molecule has 1 fully saturated rings. The van der Waals surface area contributed by atoms with E-state index >= 15 is 0 Å². The Morgan fingerprint density at radius 2 is 2.20 bits per heavy atom. The molecule has 0 radical (unpaired) electrons. The third-order valence-electron chi connectivity index (χ3n) is 3.26. The summed E-state index contributed by atoms with van der Waals surface area (Å²) in [6.45, 7) is 2.64. The Labute approximate surface area is 117 Å². The van der Waals surface area contributed by atoms with Gasteiger partial charge in [0.15, 0.2) is 0 Å². The number of pyridine rings is 1. The normalized spacial score (nSPS) is 19.4. The van der Waals surface area contributed by atoms with Crippen LogP contribution < -0.4 is 5.32 Å². The van der Waals surface area contributed by atoms with Gasteiger partial charge in [-0.3, -0.25) is 4.79 Å². The number of hydrogen-bond acceptors (Lipinski definition) is 5. The average Bonchev–Trinajstić information content (AvgIpc) is 3.00. The molecule has 2 atom stereocenters. The Hall–Kier alpha value is -1.95. The third-order valence-corrected chi connectivity index (χ3v) is 3.26. The topological polar surface area (TPSA) is 77.5 Å². The fourth-order valence-electron chi connectivity index (χ4n) is 2.15. The first kappa shape index (κ1) is 14.5. The Kier molecular flexibility index (Phi) is 4.68. The molecular formula is C14H18N2O4. The molecule has 0 unspecified atom stereocenters. The monoisotopic (exact) mass is 278 g/mol. The average molecular weight is 278 g/mol. The van der Waals surface area contributed by atoms with Gasteiger partial charge < -0.3 is 14.8 Å². The van der Waals surface area contributed by atoms with Gasteiger partial charge in [0.25, 0.3) is 5.91 Å². The van der Waals surface area contributed by atoms with E-state index in [0.717, 1.165) is 19.4 Å². The number of nitrogens with zero attached hydrogens (tertiary/aromatic N) is 1. The predicted molar refractivity (Wildman–Crippen MR) is 71.5 cm³/mol. The highest BCUT2D eigenvalue weighted by Crippen LogP contribution is 2.15. The molecule has 2 rings (SSSR count). The molecule has 0 saturated carbocycles.